The topological polar surface area (TPSA) is 92.7 Å². The maximum Gasteiger partial charge on any atom is 0.244 e. The molecule has 0 saturated carbocycles. The number of para-hydroxylation sites is 1. The molecule has 0 unspecified atom stereocenters. The van der Waals surface area contributed by atoms with Gasteiger partial charge < -0.3 is 9.88 Å². The number of pyridine rings is 1. The van der Waals surface area contributed by atoms with Crippen molar-refractivity contribution in [2.24, 2.45) is 0 Å². The monoisotopic (exact) mass is 411 g/mol. The number of nitrogens with one attached hydrogen (secondary N) is 1. The number of aromatic nitrogens is 3. The average Bonchev–Trinajstić information content (AvgIpc) is 3.04. The molecule has 0 atom stereocenters. The van der Waals surface area contributed by atoms with E-state index in [0.29, 0.717) is 22.3 Å². The molecule has 0 fully saturated rings. The predicted octanol–water partition coefficient (Wildman–Crippen LogP) is 3.62. The molecule has 0 spiro atoms. The first-order chi connectivity index (χ1) is 14.9. The Morgan fingerprint density at radius 1 is 1.10 bits per heavy atom. The van der Waals surface area contributed by atoms with Gasteiger partial charge in [0.15, 0.2) is 0 Å². The van der Waals surface area contributed by atoms with Crippen molar-refractivity contribution in [3.8, 4) is 11.8 Å². The van der Waals surface area contributed by atoms with Gasteiger partial charge in [-0.2, -0.15) is 10.4 Å². The lowest BCUT2D eigenvalue weighted by atomic mass is 10.1. The Balaban J connectivity index is 1.65. The zero-order valence-corrected chi connectivity index (χ0v) is 17.5. The Morgan fingerprint density at radius 2 is 1.81 bits per heavy atom. The molecule has 0 aliphatic heterocycles. The summed E-state index contributed by atoms with van der Waals surface area (Å²) in [4.78, 5) is 25.3. The normalized spacial score (nSPS) is 10.8. The zero-order chi connectivity index (χ0) is 22.1. The Bertz CT molecular complexity index is 1410. The van der Waals surface area contributed by atoms with Crippen LogP contribution < -0.4 is 10.7 Å². The molecule has 0 bridgehead atoms. The number of rotatable bonds is 4. The quantitative estimate of drug-likeness (QED) is 0.555. The number of carbonyl (C=O) groups is 1. The van der Waals surface area contributed by atoms with E-state index in [0.717, 1.165) is 16.9 Å². The Labute approximate surface area is 179 Å². The molecule has 1 amide bonds. The van der Waals surface area contributed by atoms with Crippen molar-refractivity contribution in [2.45, 2.75) is 27.3 Å². The van der Waals surface area contributed by atoms with Gasteiger partial charge in [0.1, 0.15) is 18.2 Å². The molecule has 0 aliphatic rings. The minimum atomic E-state index is -0.333. The van der Waals surface area contributed by atoms with Crippen LogP contribution in [0.2, 0.25) is 0 Å². The highest BCUT2D eigenvalue weighted by molar-refractivity contribution is 5.93. The first kappa shape index (κ1) is 20.1. The fourth-order valence-electron chi connectivity index (χ4n) is 3.65. The summed E-state index contributed by atoms with van der Waals surface area (Å²) in [6.07, 6.45) is 1.43. The predicted molar refractivity (Wildman–Crippen MR) is 119 cm³/mol. The number of fused-ring (bicyclic) bond motifs is 1. The highest BCUT2D eigenvalue weighted by Crippen LogP contribution is 2.23. The Kier molecular flexibility index (Phi) is 5.14. The molecule has 7 nitrogen and oxygen atoms in total. The van der Waals surface area contributed by atoms with E-state index in [9.17, 15) is 14.9 Å². The summed E-state index contributed by atoms with van der Waals surface area (Å²) in [6.45, 7) is 5.73. The number of nitrogens with zero attached hydrogens (tertiary/aromatic N) is 4. The van der Waals surface area contributed by atoms with E-state index in [1.54, 1.807) is 33.5 Å². The van der Waals surface area contributed by atoms with Crippen molar-refractivity contribution in [3.05, 3.63) is 87.5 Å². The number of anilines is 1. The third-order valence-electron chi connectivity index (χ3n) is 5.26. The van der Waals surface area contributed by atoms with Crippen LogP contribution in [0.15, 0.2) is 59.5 Å². The highest BCUT2D eigenvalue weighted by atomic mass is 16.2. The molecule has 4 rings (SSSR count). The van der Waals surface area contributed by atoms with Gasteiger partial charge in [0.2, 0.25) is 11.3 Å². The summed E-state index contributed by atoms with van der Waals surface area (Å²) < 4.78 is 3.42. The molecule has 0 aliphatic carbocycles. The summed E-state index contributed by atoms with van der Waals surface area (Å²) in [6, 6.07) is 16.9. The van der Waals surface area contributed by atoms with Crippen LogP contribution in [-0.4, -0.2) is 20.3 Å². The van der Waals surface area contributed by atoms with Gasteiger partial charge in [-0.1, -0.05) is 29.8 Å². The molecule has 2 heterocycles. The van der Waals surface area contributed by atoms with E-state index in [1.165, 1.54) is 6.20 Å². The maximum atomic E-state index is 12.9. The summed E-state index contributed by atoms with van der Waals surface area (Å²) in [5, 5.41) is 17.2. The van der Waals surface area contributed by atoms with Gasteiger partial charge in [0.25, 0.3) is 0 Å². The number of nitriles is 1. The van der Waals surface area contributed by atoms with Gasteiger partial charge >= 0.3 is 0 Å². The van der Waals surface area contributed by atoms with Crippen LogP contribution in [0.4, 0.5) is 5.69 Å². The average molecular weight is 411 g/mol. The van der Waals surface area contributed by atoms with Crippen LogP contribution in [0.3, 0.4) is 0 Å². The molecule has 7 heteroatoms. The summed E-state index contributed by atoms with van der Waals surface area (Å²) >= 11 is 0. The molecular weight excluding hydrogens is 390 g/mol. The van der Waals surface area contributed by atoms with Crippen molar-refractivity contribution in [3.63, 3.8) is 0 Å². The third-order valence-corrected chi connectivity index (χ3v) is 5.26. The van der Waals surface area contributed by atoms with Crippen molar-refractivity contribution in [1.29, 1.82) is 5.26 Å². The van der Waals surface area contributed by atoms with Crippen molar-refractivity contribution in [2.75, 3.05) is 5.32 Å². The summed E-state index contributed by atoms with van der Waals surface area (Å²) in [7, 11) is 0. The Hall–Kier alpha value is -4.18. The van der Waals surface area contributed by atoms with Gasteiger partial charge in [-0.05, 0) is 45.0 Å². The molecule has 1 N–H and O–H groups in total. The minimum Gasteiger partial charge on any atom is -0.336 e. The smallest absolute Gasteiger partial charge is 0.244 e. The fourth-order valence-corrected chi connectivity index (χ4v) is 3.65. The second-order valence-corrected chi connectivity index (χ2v) is 7.47. The first-order valence-electron chi connectivity index (χ1n) is 9.84. The van der Waals surface area contributed by atoms with E-state index in [4.69, 9.17) is 0 Å². The van der Waals surface area contributed by atoms with Crippen LogP contribution >= 0.6 is 0 Å². The largest absolute Gasteiger partial charge is 0.336 e. The second kappa shape index (κ2) is 7.92. The molecule has 4 aromatic rings. The molecule has 2 aromatic carbocycles. The number of hydrogen-bond acceptors (Lipinski definition) is 4. The molecule has 2 aromatic heterocycles. The van der Waals surface area contributed by atoms with E-state index in [-0.39, 0.29) is 23.4 Å². The summed E-state index contributed by atoms with van der Waals surface area (Å²) in [5.74, 6) is -0.271. The number of amides is 1. The van der Waals surface area contributed by atoms with Crippen LogP contribution in [0.5, 0.6) is 0 Å². The van der Waals surface area contributed by atoms with E-state index in [1.807, 2.05) is 51.1 Å². The second-order valence-electron chi connectivity index (χ2n) is 7.47. The number of carbonyl (C=O) groups excluding carboxylic acids is 1. The third kappa shape index (κ3) is 3.71. The van der Waals surface area contributed by atoms with Crippen molar-refractivity contribution >= 4 is 22.5 Å². The SMILES string of the molecule is Cc1ccc(-n2nc(C)c(NC(=O)Cn3cc(C#N)c(=O)c4ccccc43)c2C)cc1. The van der Waals surface area contributed by atoms with Crippen molar-refractivity contribution in [1.82, 2.24) is 14.3 Å². The van der Waals surface area contributed by atoms with E-state index < -0.39 is 0 Å². The lowest BCUT2D eigenvalue weighted by Gasteiger charge is -2.12. The van der Waals surface area contributed by atoms with Gasteiger partial charge in [-0.25, -0.2) is 4.68 Å². The van der Waals surface area contributed by atoms with Crippen molar-refractivity contribution < 1.29 is 4.79 Å². The van der Waals surface area contributed by atoms with Gasteiger partial charge in [0, 0.05) is 11.6 Å². The fraction of sp³-hybridized carbons (Fsp3) is 0.167. The minimum absolute atomic E-state index is 0.00560. The molecule has 0 radical (unpaired) electrons. The number of hydrogen-bond donors (Lipinski definition) is 1. The molecule has 31 heavy (non-hydrogen) atoms. The standard InChI is InChI=1S/C24H21N5O2/c1-15-8-10-19(11-9-15)29-17(3)23(16(2)27-29)26-22(30)14-28-13-18(12-25)24(31)20-6-4-5-7-21(20)28/h4-11,13H,14H2,1-3H3,(H,26,30). The van der Waals surface area contributed by atoms with Crippen LogP contribution in [-0.2, 0) is 11.3 Å². The van der Waals surface area contributed by atoms with Gasteiger partial charge in [0.05, 0.1) is 28.3 Å². The molecule has 154 valence electrons. The van der Waals surface area contributed by atoms with Gasteiger partial charge in [-0.3, -0.25) is 9.59 Å². The van der Waals surface area contributed by atoms with Crippen LogP contribution in [0.1, 0.15) is 22.5 Å². The lowest BCUT2D eigenvalue weighted by Crippen LogP contribution is -2.22. The Morgan fingerprint density at radius 3 is 2.52 bits per heavy atom. The number of benzene rings is 2. The zero-order valence-electron chi connectivity index (χ0n) is 17.5. The van der Waals surface area contributed by atoms with Gasteiger partial charge in [-0.15, -0.1) is 0 Å². The van der Waals surface area contributed by atoms with E-state index >= 15 is 0 Å². The summed E-state index contributed by atoms with van der Waals surface area (Å²) in [5.41, 5.74) is 4.51. The maximum absolute atomic E-state index is 12.9. The molecular formula is C24H21N5O2. The molecule has 0 saturated heterocycles. The highest BCUT2D eigenvalue weighted by Gasteiger charge is 2.17. The number of aryl methyl sites for hydroxylation is 2. The van der Waals surface area contributed by atoms with E-state index in [2.05, 4.69) is 10.4 Å². The lowest BCUT2D eigenvalue weighted by molar-refractivity contribution is -0.116. The van der Waals surface area contributed by atoms with Crippen LogP contribution in [0, 0.1) is 32.1 Å². The first-order valence-corrected chi connectivity index (χ1v) is 9.84. The van der Waals surface area contributed by atoms with Crippen LogP contribution in [0.25, 0.3) is 16.6 Å².